The lowest BCUT2D eigenvalue weighted by atomic mass is 9.92. The van der Waals surface area contributed by atoms with Crippen LogP contribution in [-0.2, 0) is 4.79 Å². The van der Waals surface area contributed by atoms with E-state index in [9.17, 15) is 4.79 Å². The minimum Gasteiger partial charge on any atom is -0.297 e. The topological polar surface area (TPSA) is 35.9 Å². The molecule has 0 N–H and O–H groups in total. The second-order valence-electron chi connectivity index (χ2n) is 6.23. The van der Waals surface area contributed by atoms with Crippen LogP contribution in [0.3, 0.4) is 0 Å². The molecule has 22 heavy (non-hydrogen) atoms. The van der Waals surface area contributed by atoms with Gasteiger partial charge in [0.2, 0.25) is 0 Å². The number of hydrogen-bond acceptors (Lipinski definition) is 4. The van der Waals surface area contributed by atoms with E-state index in [1.165, 1.54) is 12.8 Å². The molecule has 3 rings (SSSR count). The molecule has 0 spiro atoms. The highest BCUT2D eigenvalue weighted by Crippen LogP contribution is 2.30. The third-order valence-corrected chi connectivity index (χ3v) is 4.85. The molecule has 2 aliphatic rings. The highest BCUT2D eigenvalue weighted by molar-refractivity contribution is 6.30. The van der Waals surface area contributed by atoms with Crippen LogP contribution in [0.5, 0.6) is 0 Å². The summed E-state index contributed by atoms with van der Waals surface area (Å²) in [6, 6.07) is 7.66. The summed E-state index contributed by atoms with van der Waals surface area (Å²) < 4.78 is 0. The van der Waals surface area contributed by atoms with Crippen molar-refractivity contribution in [3.05, 3.63) is 29.3 Å². The Hall–Kier alpha value is -1.39. The predicted molar refractivity (Wildman–Crippen MR) is 90.7 cm³/mol. The molecular weight excluding hydrogens is 298 g/mol. The zero-order valence-corrected chi connectivity index (χ0v) is 13.9. The molecule has 2 aliphatic heterocycles. The van der Waals surface area contributed by atoms with Crippen LogP contribution in [0.1, 0.15) is 26.7 Å². The largest absolute Gasteiger partial charge is 0.297 e. The van der Waals surface area contributed by atoms with Crippen LogP contribution in [0.2, 0.25) is 5.02 Å². The summed E-state index contributed by atoms with van der Waals surface area (Å²) in [7, 11) is 0. The van der Waals surface area contributed by atoms with Gasteiger partial charge in [-0.2, -0.15) is 5.10 Å². The Labute approximate surface area is 136 Å². The number of carbonyl (C=O) groups is 1. The second kappa shape index (κ2) is 6.39. The van der Waals surface area contributed by atoms with Gasteiger partial charge >= 0.3 is 0 Å². The van der Waals surface area contributed by atoms with Gasteiger partial charge < -0.3 is 0 Å². The number of nitrogens with zero attached hydrogens (tertiary/aromatic N) is 3. The van der Waals surface area contributed by atoms with Crippen LogP contribution in [0, 0.1) is 5.92 Å². The highest BCUT2D eigenvalue weighted by atomic mass is 35.5. The van der Waals surface area contributed by atoms with Crippen molar-refractivity contribution in [1.82, 2.24) is 4.90 Å². The summed E-state index contributed by atoms with van der Waals surface area (Å²) in [6.45, 7) is 6.67. The molecule has 4 nitrogen and oxygen atoms in total. The van der Waals surface area contributed by atoms with E-state index in [-0.39, 0.29) is 17.7 Å². The summed E-state index contributed by atoms with van der Waals surface area (Å²) in [5.74, 6) is 0.170. The molecular formula is C17H22ClN3O. The Morgan fingerprint density at radius 3 is 2.55 bits per heavy atom. The number of anilines is 1. The molecule has 0 aliphatic carbocycles. The van der Waals surface area contributed by atoms with Gasteiger partial charge in [0.05, 0.1) is 24.2 Å². The Balaban J connectivity index is 1.73. The van der Waals surface area contributed by atoms with Gasteiger partial charge in [-0.3, -0.25) is 14.7 Å². The molecule has 1 aromatic rings. The summed E-state index contributed by atoms with van der Waals surface area (Å²) >= 11 is 5.94. The first kappa shape index (κ1) is 15.5. The number of hydrogen-bond donors (Lipinski definition) is 0. The molecule has 0 saturated carbocycles. The first-order valence-corrected chi connectivity index (χ1v) is 8.29. The number of carbonyl (C=O) groups excluding carboxylic acids is 1. The van der Waals surface area contributed by atoms with Crippen molar-refractivity contribution in [3.63, 3.8) is 0 Å². The summed E-state index contributed by atoms with van der Waals surface area (Å²) in [5.41, 5.74) is 1.89. The molecule has 2 atom stereocenters. The maximum Gasteiger partial charge on any atom is 0.157 e. The van der Waals surface area contributed by atoms with Gasteiger partial charge in [0.15, 0.2) is 5.78 Å². The number of rotatable bonds is 4. The fraction of sp³-hybridized carbons (Fsp3) is 0.529. The fourth-order valence-corrected chi connectivity index (χ4v) is 3.59. The van der Waals surface area contributed by atoms with E-state index in [1.807, 2.05) is 36.2 Å². The number of likely N-dealkylation sites (tertiary alicyclic amines) is 1. The van der Waals surface area contributed by atoms with Crippen molar-refractivity contribution in [1.29, 1.82) is 0 Å². The first-order valence-electron chi connectivity index (χ1n) is 7.91. The van der Waals surface area contributed by atoms with Crippen molar-refractivity contribution in [2.45, 2.75) is 32.7 Å². The Morgan fingerprint density at radius 2 is 1.91 bits per heavy atom. The van der Waals surface area contributed by atoms with Gasteiger partial charge in [-0.15, -0.1) is 0 Å². The number of benzene rings is 1. The van der Waals surface area contributed by atoms with Crippen LogP contribution >= 0.6 is 11.6 Å². The van der Waals surface area contributed by atoms with Gasteiger partial charge in [-0.25, -0.2) is 0 Å². The molecule has 0 radical (unpaired) electrons. The summed E-state index contributed by atoms with van der Waals surface area (Å²) in [6.07, 6.45) is 2.41. The lowest BCUT2D eigenvalue weighted by Crippen LogP contribution is -2.40. The summed E-state index contributed by atoms with van der Waals surface area (Å²) in [4.78, 5) is 14.9. The standard InChI is InChI=1S/C17H22ClN3O/c1-12-17(16(22)11-20-9-3-4-10-20)13(2)21(19-12)15-7-5-14(18)6-8-15/h5-8,13,17H,3-4,9-11H2,1-2H3. The Kier molecular flexibility index (Phi) is 4.50. The van der Waals surface area contributed by atoms with Crippen molar-refractivity contribution < 1.29 is 4.79 Å². The van der Waals surface area contributed by atoms with Crippen molar-refractivity contribution >= 4 is 28.8 Å². The van der Waals surface area contributed by atoms with E-state index in [2.05, 4.69) is 16.9 Å². The van der Waals surface area contributed by atoms with Crippen LogP contribution in [0.15, 0.2) is 29.4 Å². The summed E-state index contributed by atoms with van der Waals surface area (Å²) in [5, 5.41) is 7.26. The van der Waals surface area contributed by atoms with Gasteiger partial charge in [0, 0.05) is 10.7 Å². The normalized spacial score (nSPS) is 25.6. The molecule has 1 fully saturated rings. The van der Waals surface area contributed by atoms with Crippen LogP contribution < -0.4 is 5.01 Å². The molecule has 118 valence electrons. The minimum atomic E-state index is -0.115. The number of halogens is 1. The van der Waals surface area contributed by atoms with E-state index in [1.54, 1.807) is 0 Å². The zero-order valence-electron chi connectivity index (χ0n) is 13.1. The number of hydrazone groups is 1. The number of ketones is 1. The molecule has 2 heterocycles. The zero-order chi connectivity index (χ0) is 15.7. The second-order valence-corrected chi connectivity index (χ2v) is 6.67. The monoisotopic (exact) mass is 319 g/mol. The molecule has 0 aromatic heterocycles. The van der Waals surface area contributed by atoms with Gasteiger partial charge in [-0.1, -0.05) is 11.6 Å². The molecule has 1 saturated heterocycles. The average Bonchev–Trinajstić information content (AvgIpc) is 3.08. The average molecular weight is 320 g/mol. The van der Waals surface area contributed by atoms with Crippen molar-refractivity contribution in [2.24, 2.45) is 11.0 Å². The minimum absolute atomic E-state index is 0.0521. The fourth-order valence-electron chi connectivity index (χ4n) is 3.46. The van der Waals surface area contributed by atoms with Gasteiger partial charge in [-0.05, 0) is 64.0 Å². The van der Waals surface area contributed by atoms with E-state index in [4.69, 9.17) is 11.6 Å². The highest BCUT2D eigenvalue weighted by Gasteiger charge is 2.38. The Morgan fingerprint density at radius 1 is 1.27 bits per heavy atom. The Bertz CT molecular complexity index is 578. The predicted octanol–water partition coefficient (Wildman–Crippen LogP) is 3.21. The third kappa shape index (κ3) is 3.03. The quantitative estimate of drug-likeness (QED) is 0.855. The van der Waals surface area contributed by atoms with E-state index in [0.29, 0.717) is 11.6 Å². The third-order valence-electron chi connectivity index (χ3n) is 4.60. The maximum absolute atomic E-state index is 12.7. The number of Topliss-reactive ketones (excluding diaryl/α,β-unsaturated/α-hetero) is 1. The van der Waals surface area contributed by atoms with Crippen LogP contribution in [-0.4, -0.2) is 42.1 Å². The van der Waals surface area contributed by atoms with Crippen LogP contribution in [0.4, 0.5) is 5.69 Å². The molecule has 2 unspecified atom stereocenters. The van der Waals surface area contributed by atoms with Gasteiger partial charge in [0.1, 0.15) is 0 Å². The van der Waals surface area contributed by atoms with Crippen molar-refractivity contribution in [3.8, 4) is 0 Å². The first-order chi connectivity index (χ1) is 10.6. The van der Waals surface area contributed by atoms with Gasteiger partial charge in [0.25, 0.3) is 0 Å². The molecule has 1 aromatic carbocycles. The molecule has 0 amide bonds. The van der Waals surface area contributed by atoms with E-state index < -0.39 is 0 Å². The van der Waals surface area contributed by atoms with Crippen molar-refractivity contribution in [2.75, 3.05) is 24.6 Å². The lowest BCUT2D eigenvalue weighted by Gasteiger charge is -2.25. The maximum atomic E-state index is 12.7. The van der Waals surface area contributed by atoms with E-state index in [0.717, 1.165) is 24.5 Å². The molecule has 5 heteroatoms. The smallest absolute Gasteiger partial charge is 0.157 e. The van der Waals surface area contributed by atoms with Crippen LogP contribution in [0.25, 0.3) is 0 Å². The SMILES string of the molecule is CC1=NN(c2ccc(Cl)cc2)C(C)C1C(=O)CN1CCCC1. The lowest BCUT2D eigenvalue weighted by molar-refractivity contribution is -0.122. The van der Waals surface area contributed by atoms with E-state index >= 15 is 0 Å². The molecule has 0 bridgehead atoms.